The van der Waals surface area contributed by atoms with E-state index in [-0.39, 0.29) is 17.4 Å². The second-order valence-electron chi connectivity index (χ2n) is 8.11. The molecule has 0 radical (unpaired) electrons. The van der Waals surface area contributed by atoms with Crippen LogP contribution in [0.25, 0.3) is 0 Å². The minimum Gasteiger partial charge on any atom is -0.508 e. The number of nitrogens with one attached hydrogen (secondary N) is 1. The molecule has 2 aromatic carbocycles. The van der Waals surface area contributed by atoms with E-state index in [0.717, 1.165) is 6.26 Å². The number of anilines is 1. The lowest BCUT2D eigenvalue weighted by molar-refractivity contribution is 0.0745. The van der Waals surface area contributed by atoms with Gasteiger partial charge in [0.15, 0.2) is 11.5 Å². The summed E-state index contributed by atoms with van der Waals surface area (Å²) in [6.07, 6.45) is 0.882. The van der Waals surface area contributed by atoms with Gasteiger partial charge in [-0.25, -0.2) is 13.1 Å². The van der Waals surface area contributed by atoms with Crippen molar-refractivity contribution in [3.8, 4) is 17.6 Å². The first kappa shape index (κ1) is 24.7. The minimum atomic E-state index is -3.70. The zero-order valence-electron chi connectivity index (χ0n) is 19.4. The van der Waals surface area contributed by atoms with E-state index in [0.29, 0.717) is 48.7 Å². The molecule has 1 aliphatic rings. The van der Waals surface area contributed by atoms with Gasteiger partial charge in [0.2, 0.25) is 10.0 Å². The van der Waals surface area contributed by atoms with Gasteiger partial charge in [-0.1, -0.05) is 30.0 Å². The molecule has 10 nitrogen and oxygen atoms in total. The first-order chi connectivity index (χ1) is 17.2. The number of carbonyl (C=O) groups is 2. The van der Waals surface area contributed by atoms with E-state index >= 15 is 0 Å². The lowest BCUT2D eigenvalue weighted by Crippen LogP contribution is -2.49. The van der Waals surface area contributed by atoms with Crippen LogP contribution < -0.4 is 9.62 Å². The number of nitrogens with zero attached hydrogens (tertiary/aromatic N) is 4. The molecule has 2 amide bonds. The van der Waals surface area contributed by atoms with E-state index in [1.165, 1.54) is 6.07 Å². The van der Waals surface area contributed by atoms with Crippen LogP contribution in [0.15, 0.2) is 60.7 Å². The zero-order valence-corrected chi connectivity index (χ0v) is 20.2. The fourth-order valence-corrected chi connectivity index (χ4v) is 4.09. The topological polar surface area (TPSA) is 133 Å². The predicted molar refractivity (Wildman–Crippen MR) is 133 cm³/mol. The number of hydrogen-bond acceptors (Lipinski definition) is 8. The van der Waals surface area contributed by atoms with Crippen LogP contribution in [0.3, 0.4) is 0 Å². The third-order valence-electron chi connectivity index (χ3n) is 5.40. The molecular weight excluding hydrogens is 482 g/mol. The number of aromatic nitrogens is 2. The molecule has 2 heterocycles. The first-order valence-electron chi connectivity index (χ1n) is 11.0. The normalized spacial score (nSPS) is 13.5. The standard InChI is InChI=1S/C25H23N5O5S/c1-36(34,35)28-24(32)22-11-12-23(27-26-22)29-13-15-30(16-14-29)25(33)21-8-3-2-6-19(21)10-9-18-5-4-7-20(31)17-18/h2-8,11-12,17,31H,13-16H2,1H3,(H,28,32). The van der Waals surface area contributed by atoms with Crippen LogP contribution in [-0.4, -0.2) is 72.9 Å². The van der Waals surface area contributed by atoms with E-state index in [4.69, 9.17) is 0 Å². The van der Waals surface area contributed by atoms with Crippen molar-refractivity contribution in [3.05, 3.63) is 83.0 Å². The molecule has 0 saturated carbocycles. The maximum absolute atomic E-state index is 13.2. The molecule has 1 saturated heterocycles. The Kier molecular flexibility index (Phi) is 7.17. The molecule has 0 aliphatic carbocycles. The molecule has 2 N–H and O–H groups in total. The Morgan fingerprint density at radius 2 is 1.69 bits per heavy atom. The van der Waals surface area contributed by atoms with Crippen LogP contribution in [0.5, 0.6) is 5.75 Å². The Hall–Kier alpha value is -4.43. The van der Waals surface area contributed by atoms with E-state index in [2.05, 4.69) is 22.0 Å². The highest BCUT2D eigenvalue weighted by Gasteiger charge is 2.24. The summed E-state index contributed by atoms with van der Waals surface area (Å²) < 4.78 is 24.3. The summed E-state index contributed by atoms with van der Waals surface area (Å²) in [5, 5.41) is 17.5. The fraction of sp³-hybridized carbons (Fsp3) is 0.200. The van der Waals surface area contributed by atoms with Crippen LogP contribution in [-0.2, 0) is 10.0 Å². The van der Waals surface area contributed by atoms with Gasteiger partial charge in [-0.05, 0) is 42.5 Å². The van der Waals surface area contributed by atoms with Crippen LogP contribution in [0, 0.1) is 11.8 Å². The van der Waals surface area contributed by atoms with Crippen LogP contribution in [0.4, 0.5) is 5.82 Å². The minimum absolute atomic E-state index is 0.110. The summed E-state index contributed by atoms with van der Waals surface area (Å²) >= 11 is 0. The van der Waals surface area contributed by atoms with E-state index in [1.807, 2.05) is 15.7 Å². The van der Waals surface area contributed by atoms with Crippen molar-refractivity contribution < 1.29 is 23.1 Å². The van der Waals surface area contributed by atoms with Gasteiger partial charge in [-0.15, -0.1) is 10.2 Å². The van der Waals surface area contributed by atoms with Gasteiger partial charge in [0.1, 0.15) is 5.75 Å². The summed E-state index contributed by atoms with van der Waals surface area (Å²) in [7, 11) is -3.70. The number of carbonyl (C=O) groups excluding carboxylic acids is 2. The van der Waals surface area contributed by atoms with Gasteiger partial charge in [-0.3, -0.25) is 9.59 Å². The molecule has 1 aliphatic heterocycles. The third kappa shape index (κ3) is 6.17. The molecular formula is C25H23N5O5S. The average Bonchev–Trinajstić information content (AvgIpc) is 2.86. The van der Waals surface area contributed by atoms with Crippen molar-refractivity contribution in [2.45, 2.75) is 0 Å². The zero-order chi connectivity index (χ0) is 25.7. The Labute approximate surface area is 208 Å². The number of hydrogen-bond donors (Lipinski definition) is 2. The molecule has 36 heavy (non-hydrogen) atoms. The number of sulfonamides is 1. The SMILES string of the molecule is CS(=O)(=O)NC(=O)c1ccc(N2CCN(C(=O)c3ccccc3C#Cc3cccc(O)c3)CC2)nn1. The van der Waals surface area contributed by atoms with E-state index < -0.39 is 15.9 Å². The van der Waals surface area contributed by atoms with Crippen molar-refractivity contribution in [1.82, 2.24) is 19.8 Å². The molecule has 0 bridgehead atoms. The molecule has 0 atom stereocenters. The molecule has 184 valence electrons. The molecule has 0 unspecified atom stereocenters. The molecule has 4 rings (SSSR count). The Morgan fingerprint density at radius 3 is 2.36 bits per heavy atom. The lowest BCUT2D eigenvalue weighted by Gasteiger charge is -2.35. The summed E-state index contributed by atoms with van der Waals surface area (Å²) in [4.78, 5) is 28.8. The van der Waals surface area contributed by atoms with Gasteiger partial charge >= 0.3 is 0 Å². The number of amides is 2. The van der Waals surface area contributed by atoms with E-state index in [1.54, 1.807) is 53.4 Å². The van der Waals surface area contributed by atoms with Gasteiger partial charge in [-0.2, -0.15) is 0 Å². The Morgan fingerprint density at radius 1 is 0.944 bits per heavy atom. The smallest absolute Gasteiger partial charge is 0.285 e. The van der Waals surface area contributed by atoms with Gasteiger partial charge in [0.05, 0.1) is 11.8 Å². The highest BCUT2D eigenvalue weighted by Crippen LogP contribution is 2.17. The summed E-state index contributed by atoms with van der Waals surface area (Å²) in [6.45, 7) is 1.91. The van der Waals surface area contributed by atoms with Crippen molar-refractivity contribution in [3.63, 3.8) is 0 Å². The van der Waals surface area contributed by atoms with E-state index in [9.17, 15) is 23.1 Å². The van der Waals surface area contributed by atoms with Crippen molar-refractivity contribution in [2.75, 3.05) is 37.3 Å². The molecule has 0 spiro atoms. The molecule has 3 aromatic rings. The molecule has 1 aromatic heterocycles. The Balaban J connectivity index is 1.41. The van der Waals surface area contributed by atoms with Crippen LogP contribution in [0.1, 0.15) is 32.0 Å². The second kappa shape index (κ2) is 10.5. The summed E-state index contributed by atoms with van der Waals surface area (Å²) in [5.41, 5.74) is 1.63. The lowest BCUT2D eigenvalue weighted by atomic mass is 10.1. The van der Waals surface area contributed by atoms with Gasteiger partial charge in [0, 0.05) is 37.3 Å². The van der Waals surface area contributed by atoms with Crippen LogP contribution >= 0.6 is 0 Å². The largest absolute Gasteiger partial charge is 0.508 e. The highest BCUT2D eigenvalue weighted by molar-refractivity contribution is 7.89. The summed E-state index contributed by atoms with van der Waals surface area (Å²) in [5.74, 6) is 5.69. The van der Waals surface area contributed by atoms with Crippen molar-refractivity contribution >= 4 is 27.7 Å². The predicted octanol–water partition coefficient (Wildman–Crippen LogP) is 1.23. The monoisotopic (exact) mass is 505 g/mol. The quantitative estimate of drug-likeness (QED) is 0.506. The van der Waals surface area contributed by atoms with Gasteiger partial charge in [0.25, 0.3) is 11.8 Å². The average molecular weight is 506 g/mol. The number of phenolic OH excluding ortho intramolecular Hbond substituents is 1. The van der Waals surface area contributed by atoms with Crippen molar-refractivity contribution in [2.24, 2.45) is 0 Å². The number of benzene rings is 2. The molecule has 11 heteroatoms. The van der Waals surface area contributed by atoms with Gasteiger partial charge < -0.3 is 14.9 Å². The van der Waals surface area contributed by atoms with Crippen LogP contribution in [0.2, 0.25) is 0 Å². The number of rotatable bonds is 4. The molecule has 1 fully saturated rings. The summed E-state index contributed by atoms with van der Waals surface area (Å²) in [6, 6.07) is 16.8. The second-order valence-corrected chi connectivity index (χ2v) is 9.85. The number of phenols is 1. The maximum atomic E-state index is 13.2. The number of piperazine rings is 1. The fourth-order valence-electron chi connectivity index (χ4n) is 3.65. The van der Waals surface area contributed by atoms with Crippen molar-refractivity contribution in [1.29, 1.82) is 0 Å². The number of aromatic hydroxyl groups is 1. The highest BCUT2D eigenvalue weighted by atomic mass is 32.2. The first-order valence-corrected chi connectivity index (χ1v) is 12.9. The third-order valence-corrected chi connectivity index (χ3v) is 5.95. The Bertz CT molecular complexity index is 1450. The maximum Gasteiger partial charge on any atom is 0.285 e.